The van der Waals surface area contributed by atoms with Crippen LogP contribution in [0.4, 0.5) is 28.4 Å². The summed E-state index contributed by atoms with van der Waals surface area (Å²) in [5.74, 6) is 1.70. The lowest BCUT2D eigenvalue weighted by atomic mass is 10.1. The number of aromatic hydroxyl groups is 1. The summed E-state index contributed by atoms with van der Waals surface area (Å²) in [4.78, 5) is 0. The lowest BCUT2D eigenvalue weighted by Crippen LogP contribution is -2.01. The Labute approximate surface area is 218 Å². The number of nitrogens with zero attached hydrogens (tertiary/aromatic N) is 4. The third kappa shape index (κ3) is 5.73. The van der Waals surface area contributed by atoms with Crippen molar-refractivity contribution in [2.75, 3.05) is 40.3 Å². The smallest absolute Gasteiger partial charge is 0.150 e. The molecule has 11 heteroatoms. The first-order valence-corrected chi connectivity index (χ1v) is 11.5. The van der Waals surface area contributed by atoms with Crippen LogP contribution in [0.2, 0.25) is 0 Å². The monoisotopic (exact) mass is 517 g/mol. The highest BCUT2D eigenvalue weighted by molar-refractivity contribution is 5.94. The zero-order chi connectivity index (χ0) is 27.1. The second kappa shape index (κ2) is 11.9. The van der Waals surface area contributed by atoms with Gasteiger partial charge >= 0.3 is 0 Å². The fourth-order valence-corrected chi connectivity index (χ4v) is 3.61. The first-order chi connectivity index (χ1) is 18.5. The van der Waals surface area contributed by atoms with E-state index in [-0.39, 0.29) is 24.7 Å². The number of phenols is 1. The van der Waals surface area contributed by atoms with Crippen LogP contribution in [0.15, 0.2) is 81.1 Å². The zero-order valence-corrected chi connectivity index (χ0v) is 21.1. The summed E-state index contributed by atoms with van der Waals surface area (Å²) in [6.07, 6.45) is 0. The van der Waals surface area contributed by atoms with Gasteiger partial charge in [0.05, 0.1) is 27.9 Å². The molecule has 4 aromatic rings. The van der Waals surface area contributed by atoms with E-state index in [1.807, 2.05) is 0 Å². The van der Waals surface area contributed by atoms with E-state index in [4.69, 9.17) is 29.8 Å². The minimum Gasteiger partial charge on any atom is -0.505 e. The third-order valence-corrected chi connectivity index (χ3v) is 5.52. The van der Waals surface area contributed by atoms with Crippen LogP contribution in [0.25, 0.3) is 10.8 Å². The van der Waals surface area contributed by atoms with Gasteiger partial charge in [0.15, 0.2) is 11.5 Å². The normalized spacial score (nSPS) is 11.4. The number of aliphatic hydroxyl groups excluding tert-OH is 1. The van der Waals surface area contributed by atoms with Gasteiger partial charge in [0.1, 0.15) is 46.6 Å². The standard InChI is InChI=1S/C27H27N5O6/c1-35-18-6-9-20(26(13-18)38-11-10-33)29-31-22-14-25(37-3)23(15-24(22)36-2)32-30-21-8-4-16-12-17(28)5-7-19(16)27(21)34/h4-9,12-15,33-34H,10-11,28H2,1-3H3. The molecule has 0 bridgehead atoms. The molecule has 0 aromatic heterocycles. The van der Waals surface area contributed by atoms with Crippen molar-refractivity contribution < 1.29 is 29.2 Å². The Balaban J connectivity index is 1.66. The van der Waals surface area contributed by atoms with E-state index in [0.29, 0.717) is 51.1 Å². The van der Waals surface area contributed by atoms with Crippen molar-refractivity contribution in [3.05, 3.63) is 60.7 Å². The molecule has 0 aliphatic rings. The number of rotatable bonds is 10. The number of nitrogens with two attached hydrogens (primary N) is 1. The molecule has 0 fully saturated rings. The van der Waals surface area contributed by atoms with Gasteiger partial charge < -0.3 is 34.9 Å². The average molecular weight is 518 g/mol. The van der Waals surface area contributed by atoms with E-state index in [0.717, 1.165) is 5.39 Å². The van der Waals surface area contributed by atoms with E-state index in [1.54, 1.807) is 67.8 Å². The topological polar surface area (TPSA) is 153 Å². The fraction of sp³-hybridized carbons (Fsp3) is 0.185. The summed E-state index contributed by atoms with van der Waals surface area (Å²) < 4.78 is 21.8. The van der Waals surface area contributed by atoms with Crippen LogP contribution < -0.4 is 24.7 Å². The maximum absolute atomic E-state index is 10.7. The molecular weight excluding hydrogens is 490 g/mol. The number of benzene rings is 4. The summed E-state index contributed by atoms with van der Waals surface area (Å²) in [6.45, 7) is -0.0617. The number of phenolic OH excluding ortho intramolecular Hbond substituents is 1. The maximum atomic E-state index is 10.7. The number of fused-ring (bicyclic) bond motifs is 1. The van der Waals surface area contributed by atoms with Gasteiger partial charge in [-0.25, -0.2) is 0 Å². The quantitative estimate of drug-likeness (QED) is 0.163. The van der Waals surface area contributed by atoms with Crippen LogP contribution in [0.1, 0.15) is 0 Å². The fourth-order valence-electron chi connectivity index (χ4n) is 3.61. The SMILES string of the molecule is COc1ccc(N=Nc2cc(OC)c(N=Nc3ccc4cc(N)ccc4c3O)cc2OC)c(OCCO)c1. The lowest BCUT2D eigenvalue weighted by molar-refractivity contribution is 0.201. The molecule has 4 rings (SSSR count). The molecule has 4 N–H and O–H groups in total. The van der Waals surface area contributed by atoms with Crippen molar-refractivity contribution in [3.63, 3.8) is 0 Å². The Morgan fingerprint density at radius 1 is 0.684 bits per heavy atom. The molecule has 0 aliphatic heterocycles. The van der Waals surface area contributed by atoms with Crippen LogP contribution in [-0.2, 0) is 0 Å². The molecule has 11 nitrogen and oxygen atoms in total. The number of methoxy groups -OCH3 is 3. The first kappa shape index (κ1) is 26.2. The van der Waals surface area contributed by atoms with Gasteiger partial charge in [0.2, 0.25) is 0 Å². The Hall–Kier alpha value is -4.90. The van der Waals surface area contributed by atoms with E-state index in [1.165, 1.54) is 14.2 Å². The number of anilines is 1. The number of hydrogen-bond acceptors (Lipinski definition) is 11. The van der Waals surface area contributed by atoms with Crippen molar-refractivity contribution in [2.24, 2.45) is 20.5 Å². The molecule has 0 saturated heterocycles. The minimum atomic E-state index is -0.152. The highest BCUT2D eigenvalue weighted by Crippen LogP contribution is 2.43. The van der Waals surface area contributed by atoms with Crippen molar-refractivity contribution in [1.82, 2.24) is 0 Å². The first-order valence-electron chi connectivity index (χ1n) is 11.5. The molecule has 0 heterocycles. The second-order valence-corrected chi connectivity index (χ2v) is 7.92. The summed E-state index contributed by atoms with van der Waals surface area (Å²) >= 11 is 0. The average Bonchev–Trinajstić information content (AvgIpc) is 2.94. The Bertz CT molecular complexity index is 1510. The molecule has 0 radical (unpaired) electrons. The van der Waals surface area contributed by atoms with Crippen LogP contribution in [0, 0.1) is 0 Å². The van der Waals surface area contributed by atoms with E-state index >= 15 is 0 Å². The molecule has 0 spiro atoms. The molecule has 0 amide bonds. The predicted octanol–water partition coefficient (Wildman–Crippen LogP) is 6.36. The van der Waals surface area contributed by atoms with Crippen LogP contribution in [0.3, 0.4) is 0 Å². The predicted molar refractivity (Wildman–Crippen MR) is 143 cm³/mol. The summed E-state index contributed by atoms with van der Waals surface area (Å²) in [7, 11) is 4.52. The summed E-state index contributed by atoms with van der Waals surface area (Å²) in [6, 6.07) is 16.9. The molecule has 4 aromatic carbocycles. The van der Waals surface area contributed by atoms with Crippen molar-refractivity contribution >= 4 is 39.2 Å². The van der Waals surface area contributed by atoms with Crippen molar-refractivity contribution in [1.29, 1.82) is 0 Å². The highest BCUT2D eigenvalue weighted by Gasteiger charge is 2.13. The van der Waals surface area contributed by atoms with Gasteiger partial charge in [-0.1, -0.05) is 6.07 Å². The van der Waals surface area contributed by atoms with Gasteiger partial charge in [-0.2, -0.15) is 0 Å². The molecular formula is C27H27N5O6. The van der Waals surface area contributed by atoms with Gasteiger partial charge in [-0.3, -0.25) is 0 Å². The summed E-state index contributed by atoms with van der Waals surface area (Å²) in [5.41, 5.74) is 7.86. The van der Waals surface area contributed by atoms with Crippen LogP contribution in [-0.4, -0.2) is 44.8 Å². The number of ether oxygens (including phenoxy) is 4. The largest absolute Gasteiger partial charge is 0.505 e. The van der Waals surface area contributed by atoms with E-state index in [9.17, 15) is 5.11 Å². The second-order valence-electron chi connectivity index (χ2n) is 7.92. The van der Waals surface area contributed by atoms with Crippen molar-refractivity contribution in [3.8, 4) is 28.7 Å². The van der Waals surface area contributed by atoms with Crippen LogP contribution >= 0.6 is 0 Å². The molecule has 0 saturated carbocycles. The van der Waals surface area contributed by atoms with Gasteiger partial charge in [0, 0.05) is 29.3 Å². The van der Waals surface area contributed by atoms with Crippen molar-refractivity contribution in [2.45, 2.75) is 0 Å². The molecule has 0 aliphatic carbocycles. The molecule has 0 atom stereocenters. The van der Waals surface area contributed by atoms with Crippen LogP contribution in [0.5, 0.6) is 28.7 Å². The van der Waals surface area contributed by atoms with Gasteiger partial charge in [-0.15, -0.1) is 20.5 Å². The molecule has 38 heavy (non-hydrogen) atoms. The number of azo groups is 2. The Morgan fingerprint density at radius 3 is 1.95 bits per heavy atom. The zero-order valence-electron chi connectivity index (χ0n) is 21.1. The summed E-state index contributed by atoms with van der Waals surface area (Å²) in [5, 5.41) is 38.3. The maximum Gasteiger partial charge on any atom is 0.150 e. The minimum absolute atomic E-state index is 0.0127. The van der Waals surface area contributed by atoms with Gasteiger partial charge in [-0.05, 0) is 41.8 Å². The highest BCUT2D eigenvalue weighted by atomic mass is 16.5. The number of hydrogen-bond donors (Lipinski definition) is 3. The van der Waals surface area contributed by atoms with Gasteiger partial charge in [0.25, 0.3) is 0 Å². The Kier molecular flexibility index (Phi) is 8.19. The number of aliphatic hydroxyl groups is 1. The van der Waals surface area contributed by atoms with E-state index in [2.05, 4.69) is 20.5 Å². The number of nitrogen functional groups attached to an aromatic ring is 1. The third-order valence-electron chi connectivity index (χ3n) is 5.52. The molecule has 0 unspecified atom stereocenters. The molecule has 196 valence electrons. The van der Waals surface area contributed by atoms with E-state index < -0.39 is 0 Å². The Morgan fingerprint density at radius 2 is 1.32 bits per heavy atom. The lowest BCUT2D eigenvalue weighted by Gasteiger charge is -2.10.